The first-order valence-corrected chi connectivity index (χ1v) is 6.25. The first-order chi connectivity index (χ1) is 8.75. The van der Waals surface area contributed by atoms with Crippen LogP contribution in [0.5, 0.6) is 5.75 Å². The number of benzene rings is 2. The van der Waals surface area contributed by atoms with Gasteiger partial charge in [0.1, 0.15) is 5.75 Å². The second-order valence-corrected chi connectivity index (χ2v) is 4.46. The molecule has 94 valence electrons. The highest BCUT2D eigenvalue weighted by Crippen LogP contribution is 2.20. The minimum atomic E-state index is -0.549. The van der Waals surface area contributed by atoms with E-state index in [1.807, 2.05) is 42.5 Å². The van der Waals surface area contributed by atoms with Crippen molar-refractivity contribution in [1.82, 2.24) is 0 Å². The molecule has 0 aliphatic rings. The van der Waals surface area contributed by atoms with Gasteiger partial charge in [0.25, 0.3) is 0 Å². The van der Waals surface area contributed by atoms with Crippen LogP contribution in [0.3, 0.4) is 0 Å². The average molecular weight is 263 g/mol. The summed E-state index contributed by atoms with van der Waals surface area (Å²) >= 11 is 5.88. The van der Waals surface area contributed by atoms with Crippen molar-refractivity contribution < 1.29 is 9.84 Å². The molecule has 0 aliphatic carbocycles. The van der Waals surface area contributed by atoms with Crippen molar-refractivity contribution in [1.29, 1.82) is 0 Å². The summed E-state index contributed by atoms with van der Waals surface area (Å²) in [5.74, 6) is 0.816. The fraction of sp³-hybridized carbons (Fsp3) is 0.200. The van der Waals surface area contributed by atoms with E-state index in [4.69, 9.17) is 16.3 Å². The van der Waals surface area contributed by atoms with Gasteiger partial charge < -0.3 is 9.84 Å². The van der Waals surface area contributed by atoms with Crippen LogP contribution in [0.15, 0.2) is 54.6 Å². The van der Waals surface area contributed by atoms with E-state index in [0.29, 0.717) is 18.1 Å². The molecule has 0 radical (unpaired) electrons. The molecular weight excluding hydrogens is 248 g/mol. The van der Waals surface area contributed by atoms with Crippen LogP contribution in [0.2, 0.25) is 5.02 Å². The Morgan fingerprint density at radius 3 is 2.56 bits per heavy atom. The van der Waals surface area contributed by atoms with Crippen molar-refractivity contribution in [2.45, 2.75) is 12.5 Å². The highest BCUT2D eigenvalue weighted by Gasteiger charge is 2.07. The van der Waals surface area contributed by atoms with E-state index in [-0.39, 0.29) is 0 Å². The number of ether oxygens (including phenoxy) is 1. The first kappa shape index (κ1) is 12.9. The molecule has 2 aromatic carbocycles. The molecule has 2 nitrogen and oxygen atoms in total. The number of halogens is 1. The molecule has 0 heterocycles. The van der Waals surface area contributed by atoms with Crippen molar-refractivity contribution in [3.8, 4) is 5.75 Å². The van der Waals surface area contributed by atoms with Gasteiger partial charge in [0.05, 0.1) is 12.7 Å². The molecule has 0 bridgehead atoms. The Hall–Kier alpha value is -1.51. The minimum Gasteiger partial charge on any atom is -0.493 e. The van der Waals surface area contributed by atoms with E-state index in [2.05, 4.69) is 0 Å². The van der Waals surface area contributed by atoms with Crippen LogP contribution in [0, 0.1) is 0 Å². The molecule has 0 saturated carbocycles. The summed E-state index contributed by atoms with van der Waals surface area (Å²) in [5.41, 5.74) is 0.819. The Morgan fingerprint density at radius 2 is 1.83 bits per heavy atom. The summed E-state index contributed by atoms with van der Waals surface area (Å²) in [6, 6.07) is 16.8. The largest absolute Gasteiger partial charge is 0.493 e. The smallest absolute Gasteiger partial charge is 0.119 e. The van der Waals surface area contributed by atoms with Gasteiger partial charge in [0, 0.05) is 11.4 Å². The quantitative estimate of drug-likeness (QED) is 0.887. The van der Waals surface area contributed by atoms with Crippen LogP contribution >= 0.6 is 11.6 Å². The van der Waals surface area contributed by atoms with Gasteiger partial charge in [-0.2, -0.15) is 0 Å². The first-order valence-electron chi connectivity index (χ1n) is 5.87. The number of rotatable bonds is 5. The van der Waals surface area contributed by atoms with Gasteiger partial charge in [0.2, 0.25) is 0 Å². The van der Waals surface area contributed by atoms with Crippen LogP contribution in [-0.2, 0) is 0 Å². The maximum atomic E-state index is 9.98. The van der Waals surface area contributed by atoms with E-state index >= 15 is 0 Å². The molecule has 3 heteroatoms. The van der Waals surface area contributed by atoms with Crippen molar-refractivity contribution in [2.75, 3.05) is 6.61 Å². The van der Waals surface area contributed by atoms with E-state index in [1.54, 1.807) is 12.1 Å². The number of aliphatic hydroxyl groups is 1. The Labute approximate surface area is 112 Å². The molecule has 2 aromatic rings. The van der Waals surface area contributed by atoms with Crippen LogP contribution in [-0.4, -0.2) is 11.7 Å². The van der Waals surface area contributed by atoms with Gasteiger partial charge in [0.15, 0.2) is 0 Å². The lowest BCUT2D eigenvalue weighted by Crippen LogP contribution is -2.05. The van der Waals surface area contributed by atoms with E-state index in [9.17, 15) is 5.11 Å². The lowest BCUT2D eigenvalue weighted by Gasteiger charge is -2.12. The minimum absolute atomic E-state index is 0.470. The predicted molar refractivity (Wildman–Crippen MR) is 73.0 cm³/mol. The topological polar surface area (TPSA) is 29.5 Å². The number of hydrogen-bond donors (Lipinski definition) is 1. The summed E-state index contributed by atoms with van der Waals surface area (Å²) in [6.45, 7) is 0.470. The number of para-hydroxylation sites is 1. The van der Waals surface area contributed by atoms with Crippen LogP contribution in [0.4, 0.5) is 0 Å². The van der Waals surface area contributed by atoms with Crippen LogP contribution in [0.25, 0.3) is 0 Å². The second-order valence-electron chi connectivity index (χ2n) is 4.02. The average Bonchev–Trinajstić information content (AvgIpc) is 2.40. The monoisotopic (exact) mass is 262 g/mol. The highest BCUT2D eigenvalue weighted by atomic mass is 35.5. The predicted octanol–water partition coefficient (Wildman–Crippen LogP) is 3.84. The number of hydrogen-bond acceptors (Lipinski definition) is 2. The zero-order valence-corrected chi connectivity index (χ0v) is 10.7. The summed E-state index contributed by atoms with van der Waals surface area (Å²) in [6.07, 6.45) is -0.0118. The third-order valence-corrected chi connectivity index (χ3v) is 2.87. The highest BCUT2D eigenvalue weighted by molar-refractivity contribution is 6.30. The zero-order valence-electron chi connectivity index (χ0n) is 9.92. The van der Waals surface area contributed by atoms with Gasteiger partial charge in [-0.05, 0) is 29.8 Å². The molecule has 18 heavy (non-hydrogen) atoms. The SMILES string of the molecule is OC(CCOc1ccccc1)c1cccc(Cl)c1. The van der Waals surface area contributed by atoms with Crippen LogP contribution < -0.4 is 4.74 Å². The Bertz CT molecular complexity index is 485. The molecule has 0 amide bonds. The molecule has 0 fully saturated rings. The molecule has 0 aliphatic heterocycles. The number of aliphatic hydroxyl groups excluding tert-OH is 1. The molecule has 1 unspecified atom stereocenters. The van der Waals surface area contributed by atoms with Gasteiger partial charge in [-0.3, -0.25) is 0 Å². The summed E-state index contributed by atoms with van der Waals surface area (Å²) in [4.78, 5) is 0. The molecule has 0 saturated heterocycles. The Morgan fingerprint density at radius 1 is 1.06 bits per heavy atom. The molecule has 1 atom stereocenters. The molecule has 1 N–H and O–H groups in total. The van der Waals surface area contributed by atoms with Gasteiger partial charge in [-0.1, -0.05) is 41.9 Å². The van der Waals surface area contributed by atoms with E-state index in [1.165, 1.54) is 0 Å². The molecule has 0 aromatic heterocycles. The lowest BCUT2D eigenvalue weighted by atomic mass is 10.1. The fourth-order valence-electron chi connectivity index (χ4n) is 1.69. The van der Waals surface area contributed by atoms with Crippen molar-refractivity contribution in [3.05, 3.63) is 65.2 Å². The van der Waals surface area contributed by atoms with E-state index < -0.39 is 6.10 Å². The Kier molecular flexibility index (Phi) is 4.62. The molecule has 0 spiro atoms. The lowest BCUT2D eigenvalue weighted by molar-refractivity contribution is 0.141. The van der Waals surface area contributed by atoms with Crippen molar-refractivity contribution in [3.63, 3.8) is 0 Å². The fourth-order valence-corrected chi connectivity index (χ4v) is 1.88. The van der Waals surface area contributed by atoms with Gasteiger partial charge in [-0.25, -0.2) is 0 Å². The third-order valence-electron chi connectivity index (χ3n) is 2.64. The van der Waals surface area contributed by atoms with Crippen molar-refractivity contribution in [2.24, 2.45) is 0 Å². The van der Waals surface area contributed by atoms with E-state index in [0.717, 1.165) is 11.3 Å². The van der Waals surface area contributed by atoms with Crippen molar-refractivity contribution >= 4 is 11.6 Å². The zero-order chi connectivity index (χ0) is 12.8. The van der Waals surface area contributed by atoms with Gasteiger partial charge >= 0.3 is 0 Å². The van der Waals surface area contributed by atoms with Crippen LogP contribution in [0.1, 0.15) is 18.1 Å². The summed E-state index contributed by atoms with van der Waals surface area (Å²) < 4.78 is 5.54. The standard InChI is InChI=1S/C15H15ClO2/c16-13-6-4-5-12(11-13)15(17)9-10-18-14-7-2-1-3-8-14/h1-8,11,15,17H,9-10H2. The Balaban J connectivity index is 1.83. The summed E-state index contributed by atoms with van der Waals surface area (Å²) in [5, 5.41) is 10.6. The third kappa shape index (κ3) is 3.76. The second kappa shape index (κ2) is 6.43. The molecular formula is C15H15ClO2. The normalized spacial score (nSPS) is 12.1. The maximum absolute atomic E-state index is 9.98. The summed E-state index contributed by atoms with van der Waals surface area (Å²) in [7, 11) is 0. The molecule has 2 rings (SSSR count). The van der Waals surface area contributed by atoms with Gasteiger partial charge in [-0.15, -0.1) is 0 Å². The maximum Gasteiger partial charge on any atom is 0.119 e.